The van der Waals surface area contributed by atoms with Gasteiger partial charge in [0.05, 0.1) is 0 Å². The van der Waals surface area contributed by atoms with E-state index in [4.69, 9.17) is 16.3 Å². The molecule has 23 heavy (non-hydrogen) atoms. The van der Waals surface area contributed by atoms with Crippen LogP contribution >= 0.6 is 11.6 Å². The van der Waals surface area contributed by atoms with Crippen LogP contribution in [0.15, 0.2) is 12.1 Å². The van der Waals surface area contributed by atoms with E-state index in [1.54, 1.807) is 0 Å². The van der Waals surface area contributed by atoms with Gasteiger partial charge in [-0.25, -0.2) is 0 Å². The van der Waals surface area contributed by atoms with Gasteiger partial charge in [0.1, 0.15) is 18.1 Å². The van der Waals surface area contributed by atoms with Crippen LogP contribution in [0, 0.1) is 6.92 Å². The van der Waals surface area contributed by atoms with Gasteiger partial charge in [0.25, 0.3) is 0 Å². The van der Waals surface area contributed by atoms with Crippen LogP contribution in [0.4, 0.5) is 0 Å². The Balaban J connectivity index is 1.86. The zero-order valence-electron chi connectivity index (χ0n) is 14.4. The average molecular weight is 333 g/mol. The number of ether oxygens (including phenoxy) is 1. The topological polar surface area (TPSA) is 37.9 Å². The molecule has 1 aromatic carbocycles. The van der Waals surface area contributed by atoms with Crippen molar-refractivity contribution in [3.8, 4) is 5.75 Å². The first-order valence-corrected chi connectivity index (χ1v) is 8.72. The van der Waals surface area contributed by atoms with E-state index < -0.39 is 0 Å². The molecule has 2 aromatic rings. The quantitative estimate of drug-likeness (QED) is 0.846. The fraction of sp³-hybridized carbons (Fsp3) is 0.526. The second-order valence-corrected chi connectivity index (χ2v) is 7.88. The molecular weight excluding hydrogens is 308 g/mol. The van der Waals surface area contributed by atoms with Crippen LogP contribution in [0.3, 0.4) is 0 Å². The Hall–Kier alpha value is -1.48. The van der Waals surface area contributed by atoms with Gasteiger partial charge in [0, 0.05) is 16.3 Å². The standard InChI is InChI=1S/C19H25ClN2O/c1-12-9-18(14(10-15(12)20)19(2,3)4)23-11-17-13-7-5-6-8-16(13)21-22-17/h9-10H,5-8,11H2,1-4H3,(H,21,22). The number of hydrogen-bond acceptors (Lipinski definition) is 2. The van der Waals surface area contributed by atoms with Crippen molar-refractivity contribution >= 4 is 11.6 Å². The number of benzene rings is 1. The number of nitrogens with one attached hydrogen (secondary N) is 1. The van der Waals surface area contributed by atoms with Crippen molar-refractivity contribution in [3.05, 3.63) is 45.2 Å². The Labute approximate surface area is 143 Å². The SMILES string of the molecule is Cc1cc(OCc2n[nH]c3c2CCCC3)c(C(C)(C)C)cc1Cl. The third-order valence-electron chi connectivity index (χ3n) is 4.58. The van der Waals surface area contributed by atoms with Crippen molar-refractivity contribution in [1.29, 1.82) is 0 Å². The molecule has 0 atom stereocenters. The normalized spacial score (nSPS) is 14.7. The number of halogens is 1. The van der Waals surface area contributed by atoms with Crippen LogP contribution in [0.1, 0.15) is 61.7 Å². The fourth-order valence-electron chi connectivity index (χ4n) is 3.18. The first-order chi connectivity index (χ1) is 10.9. The van der Waals surface area contributed by atoms with Crippen molar-refractivity contribution in [3.63, 3.8) is 0 Å². The highest BCUT2D eigenvalue weighted by molar-refractivity contribution is 6.31. The molecule has 4 heteroatoms. The maximum atomic E-state index is 6.31. The molecule has 1 N–H and O–H groups in total. The van der Waals surface area contributed by atoms with Gasteiger partial charge in [-0.1, -0.05) is 32.4 Å². The lowest BCUT2D eigenvalue weighted by molar-refractivity contribution is 0.291. The maximum Gasteiger partial charge on any atom is 0.132 e. The van der Waals surface area contributed by atoms with Gasteiger partial charge in [-0.15, -0.1) is 0 Å². The minimum absolute atomic E-state index is 0.0162. The van der Waals surface area contributed by atoms with E-state index in [9.17, 15) is 0 Å². The monoisotopic (exact) mass is 332 g/mol. The van der Waals surface area contributed by atoms with Gasteiger partial charge in [-0.05, 0) is 61.3 Å². The molecule has 0 spiro atoms. The zero-order chi connectivity index (χ0) is 16.6. The summed E-state index contributed by atoms with van der Waals surface area (Å²) in [6.45, 7) is 9.06. The number of aromatic amines is 1. The number of aromatic nitrogens is 2. The summed E-state index contributed by atoms with van der Waals surface area (Å²) in [6.07, 6.45) is 4.71. The van der Waals surface area contributed by atoms with Crippen molar-refractivity contribution in [1.82, 2.24) is 10.2 Å². The van der Waals surface area contributed by atoms with Crippen LogP contribution in [0.25, 0.3) is 0 Å². The summed E-state index contributed by atoms with van der Waals surface area (Å²) in [5.41, 5.74) is 5.86. The van der Waals surface area contributed by atoms with Crippen LogP contribution in [-0.4, -0.2) is 10.2 Å². The fourth-order valence-corrected chi connectivity index (χ4v) is 3.34. The summed E-state index contributed by atoms with van der Waals surface area (Å²) in [6, 6.07) is 4.08. The zero-order valence-corrected chi connectivity index (χ0v) is 15.2. The molecule has 0 bridgehead atoms. The van der Waals surface area contributed by atoms with E-state index in [1.165, 1.54) is 24.1 Å². The van der Waals surface area contributed by atoms with Crippen LogP contribution < -0.4 is 4.74 Å². The second kappa shape index (κ2) is 6.20. The number of H-pyrrole nitrogens is 1. The van der Waals surface area contributed by atoms with E-state index in [0.29, 0.717) is 6.61 Å². The summed E-state index contributed by atoms with van der Waals surface area (Å²) in [5.74, 6) is 0.909. The number of rotatable bonds is 3. The van der Waals surface area contributed by atoms with E-state index >= 15 is 0 Å². The molecule has 0 aliphatic heterocycles. The lowest BCUT2D eigenvalue weighted by Crippen LogP contribution is -2.14. The largest absolute Gasteiger partial charge is 0.487 e. The summed E-state index contributed by atoms with van der Waals surface area (Å²) in [7, 11) is 0. The molecule has 0 fully saturated rings. The predicted octanol–water partition coefficient (Wildman–Crippen LogP) is 5.13. The maximum absolute atomic E-state index is 6.31. The van der Waals surface area contributed by atoms with Crippen LogP contribution in [0.2, 0.25) is 5.02 Å². The average Bonchev–Trinajstić information content (AvgIpc) is 2.90. The smallest absolute Gasteiger partial charge is 0.132 e. The molecule has 1 aromatic heterocycles. The molecule has 0 saturated heterocycles. The first-order valence-electron chi connectivity index (χ1n) is 8.34. The highest BCUT2D eigenvalue weighted by atomic mass is 35.5. The molecule has 1 aliphatic rings. The molecular formula is C19H25ClN2O. The minimum Gasteiger partial charge on any atom is -0.487 e. The Morgan fingerprint density at radius 1 is 1.22 bits per heavy atom. The Bertz CT molecular complexity index is 713. The summed E-state index contributed by atoms with van der Waals surface area (Å²) in [5, 5.41) is 8.44. The summed E-state index contributed by atoms with van der Waals surface area (Å²) in [4.78, 5) is 0. The van der Waals surface area contributed by atoms with E-state index in [2.05, 4.69) is 31.0 Å². The van der Waals surface area contributed by atoms with E-state index in [1.807, 2.05) is 19.1 Å². The number of aryl methyl sites for hydroxylation is 2. The van der Waals surface area contributed by atoms with Crippen LogP contribution in [-0.2, 0) is 24.9 Å². The number of hydrogen-bond donors (Lipinski definition) is 1. The van der Waals surface area contributed by atoms with E-state index in [-0.39, 0.29) is 5.41 Å². The van der Waals surface area contributed by atoms with Gasteiger partial charge in [0.2, 0.25) is 0 Å². The number of fused-ring (bicyclic) bond motifs is 1. The van der Waals surface area contributed by atoms with E-state index in [0.717, 1.165) is 40.4 Å². The third kappa shape index (κ3) is 3.40. The van der Waals surface area contributed by atoms with Gasteiger partial charge in [-0.3, -0.25) is 5.10 Å². The van der Waals surface area contributed by atoms with Crippen molar-refractivity contribution in [2.24, 2.45) is 0 Å². The molecule has 3 rings (SSSR count). The highest BCUT2D eigenvalue weighted by Gasteiger charge is 2.22. The lowest BCUT2D eigenvalue weighted by atomic mass is 9.86. The molecule has 1 aliphatic carbocycles. The lowest BCUT2D eigenvalue weighted by Gasteiger charge is -2.24. The molecule has 0 amide bonds. The summed E-state index contributed by atoms with van der Waals surface area (Å²) >= 11 is 6.31. The van der Waals surface area contributed by atoms with Gasteiger partial charge in [-0.2, -0.15) is 5.10 Å². The van der Waals surface area contributed by atoms with Gasteiger partial charge in [0.15, 0.2) is 0 Å². The third-order valence-corrected chi connectivity index (χ3v) is 4.98. The Morgan fingerprint density at radius 3 is 2.70 bits per heavy atom. The Morgan fingerprint density at radius 2 is 1.96 bits per heavy atom. The molecule has 124 valence electrons. The minimum atomic E-state index is -0.0162. The molecule has 0 unspecified atom stereocenters. The Kier molecular flexibility index (Phi) is 4.41. The molecule has 0 radical (unpaired) electrons. The summed E-state index contributed by atoms with van der Waals surface area (Å²) < 4.78 is 6.17. The van der Waals surface area contributed by atoms with Crippen molar-refractivity contribution in [2.75, 3.05) is 0 Å². The number of nitrogens with zero attached hydrogens (tertiary/aromatic N) is 1. The van der Waals surface area contributed by atoms with Gasteiger partial charge >= 0.3 is 0 Å². The molecule has 1 heterocycles. The van der Waals surface area contributed by atoms with Gasteiger partial charge < -0.3 is 4.74 Å². The second-order valence-electron chi connectivity index (χ2n) is 7.47. The van der Waals surface area contributed by atoms with Crippen molar-refractivity contribution in [2.45, 2.75) is 65.4 Å². The van der Waals surface area contributed by atoms with Crippen LogP contribution in [0.5, 0.6) is 5.75 Å². The highest BCUT2D eigenvalue weighted by Crippen LogP contribution is 2.36. The molecule has 3 nitrogen and oxygen atoms in total. The molecule has 0 saturated carbocycles. The van der Waals surface area contributed by atoms with Crippen molar-refractivity contribution < 1.29 is 4.74 Å². The predicted molar refractivity (Wildman–Crippen MR) is 94.5 cm³/mol. The first kappa shape index (κ1) is 16.4.